The van der Waals surface area contributed by atoms with Crippen LogP contribution in [0.5, 0.6) is 0 Å². The van der Waals surface area contributed by atoms with Crippen LogP contribution in [0, 0.1) is 17.1 Å². The summed E-state index contributed by atoms with van der Waals surface area (Å²) in [5.41, 5.74) is 0.971. The van der Waals surface area contributed by atoms with Crippen LogP contribution in [0.2, 0.25) is 0 Å². The molecule has 0 fully saturated rings. The van der Waals surface area contributed by atoms with Crippen LogP contribution >= 0.6 is 0 Å². The lowest BCUT2D eigenvalue weighted by molar-refractivity contribution is -0.131. The Morgan fingerprint density at radius 2 is 2.26 bits per heavy atom. The first-order chi connectivity index (χ1) is 8.99. The van der Waals surface area contributed by atoms with E-state index in [0.29, 0.717) is 17.7 Å². The van der Waals surface area contributed by atoms with Crippen LogP contribution in [-0.4, -0.2) is 30.4 Å². The number of nitrogens with one attached hydrogen (secondary N) is 1. The molecule has 0 spiro atoms. The summed E-state index contributed by atoms with van der Waals surface area (Å²) in [4.78, 5) is 13.4. The average Bonchev–Trinajstić information content (AvgIpc) is 2.43. The van der Waals surface area contributed by atoms with Gasteiger partial charge in [0, 0.05) is 20.1 Å². The number of likely N-dealkylation sites (N-methyl/N-ethyl adjacent to an activating group) is 1. The number of hydrogen-bond acceptors (Lipinski definition) is 3. The highest BCUT2D eigenvalue weighted by atomic mass is 19.1. The molecular weight excluding hydrogens is 245 g/mol. The minimum Gasteiger partial charge on any atom is -0.345 e. The van der Waals surface area contributed by atoms with Crippen LogP contribution in [0.3, 0.4) is 0 Å². The van der Waals surface area contributed by atoms with Crippen LogP contribution < -0.4 is 5.32 Å². The minimum atomic E-state index is -0.388. The number of nitriles is 1. The largest absolute Gasteiger partial charge is 0.345 e. The zero-order valence-electron chi connectivity index (χ0n) is 11.4. The molecule has 1 rings (SSSR count). The molecule has 1 N–H and O–H groups in total. The third-order valence-corrected chi connectivity index (χ3v) is 3.01. The molecule has 102 valence electrons. The molecule has 1 unspecified atom stereocenters. The number of benzene rings is 1. The van der Waals surface area contributed by atoms with Gasteiger partial charge in [-0.15, -0.1) is 0 Å². The summed E-state index contributed by atoms with van der Waals surface area (Å²) in [5, 5.41) is 11.9. The van der Waals surface area contributed by atoms with E-state index in [9.17, 15) is 9.18 Å². The van der Waals surface area contributed by atoms with Crippen LogP contribution in [0.4, 0.5) is 4.39 Å². The Bertz CT molecular complexity index is 496. The SMILES string of the molecule is CCN(C)C(=O)C(C)NCc1cc(F)ccc1C#N. The Balaban J connectivity index is 2.69. The smallest absolute Gasteiger partial charge is 0.239 e. The molecule has 0 bridgehead atoms. The maximum atomic E-state index is 13.1. The van der Waals surface area contributed by atoms with Crippen molar-refractivity contribution in [1.29, 1.82) is 5.26 Å². The highest BCUT2D eigenvalue weighted by Crippen LogP contribution is 2.10. The van der Waals surface area contributed by atoms with Crippen molar-refractivity contribution in [3.8, 4) is 6.07 Å². The van der Waals surface area contributed by atoms with E-state index < -0.39 is 0 Å². The van der Waals surface area contributed by atoms with Crippen molar-refractivity contribution in [2.45, 2.75) is 26.4 Å². The summed E-state index contributed by atoms with van der Waals surface area (Å²) < 4.78 is 13.1. The van der Waals surface area contributed by atoms with Crippen LogP contribution in [0.15, 0.2) is 18.2 Å². The zero-order valence-corrected chi connectivity index (χ0v) is 11.4. The molecule has 0 aromatic heterocycles. The first kappa shape index (κ1) is 15.1. The number of carbonyl (C=O) groups is 1. The molecule has 19 heavy (non-hydrogen) atoms. The first-order valence-electron chi connectivity index (χ1n) is 6.16. The van der Waals surface area contributed by atoms with Gasteiger partial charge in [0.2, 0.25) is 5.91 Å². The molecule has 0 aliphatic carbocycles. The standard InChI is InChI=1S/C14H18FN3O/c1-4-18(3)14(19)10(2)17-9-12-7-13(15)6-5-11(12)8-16/h5-7,10,17H,4,9H2,1-3H3. The Morgan fingerprint density at radius 3 is 2.84 bits per heavy atom. The van der Waals surface area contributed by atoms with Gasteiger partial charge in [0.1, 0.15) is 5.82 Å². The van der Waals surface area contributed by atoms with Gasteiger partial charge >= 0.3 is 0 Å². The topological polar surface area (TPSA) is 56.1 Å². The van der Waals surface area contributed by atoms with Gasteiger partial charge < -0.3 is 10.2 Å². The number of rotatable bonds is 5. The average molecular weight is 263 g/mol. The van der Waals surface area contributed by atoms with Crippen LogP contribution in [-0.2, 0) is 11.3 Å². The predicted octanol–water partition coefficient (Wildman–Crippen LogP) is 1.65. The van der Waals surface area contributed by atoms with Crippen molar-refractivity contribution in [1.82, 2.24) is 10.2 Å². The number of amides is 1. The Hall–Kier alpha value is -1.93. The third kappa shape index (κ3) is 4.04. The van der Waals surface area contributed by atoms with Crippen molar-refractivity contribution >= 4 is 5.91 Å². The summed E-state index contributed by atoms with van der Waals surface area (Å²) >= 11 is 0. The molecule has 1 amide bonds. The molecule has 5 heteroatoms. The summed E-state index contributed by atoms with van der Waals surface area (Å²) in [6.45, 7) is 4.56. The van der Waals surface area contributed by atoms with Gasteiger partial charge in [-0.2, -0.15) is 5.26 Å². The summed E-state index contributed by atoms with van der Waals surface area (Å²) in [7, 11) is 1.73. The molecule has 0 saturated carbocycles. The quantitative estimate of drug-likeness (QED) is 0.879. The second-order valence-electron chi connectivity index (χ2n) is 4.37. The van der Waals surface area contributed by atoms with E-state index in [1.165, 1.54) is 18.2 Å². The molecule has 4 nitrogen and oxygen atoms in total. The Labute approximate surface area is 112 Å². The van der Waals surface area contributed by atoms with Crippen molar-refractivity contribution in [3.63, 3.8) is 0 Å². The number of halogens is 1. The van der Waals surface area contributed by atoms with Crippen molar-refractivity contribution in [2.75, 3.05) is 13.6 Å². The molecule has 1 aromatic rings. The third-order valence-electron chi connectivity index (χ3n) is 3.01. The van der Waals surface area contributed by atoms with Crippen LogP contribution in [0.1, 0.15) is 25.0 Å². The van der Waals surface area contributed by atoms with Gasteiger partial charge in [0.15, 0.2) is 0 Å². The number of nitrogens with zero attached hydrogens (tertiary/aromatic N) is 2. The predicted molar refractivity (Wildman–Crippen MR) is 70.7 cm³/mol. The van der Waals surface area contributed by atoms with Gasteiger partial charge in [0.25, 0.3) is 0 Å². The summed E-state index contributed by atoms with van der Waals surface area (Å²) in [6, 6.07) is 5.64. The molecule has 1 aromatic carbocycles. The minimum absolute atomic E-state index is 0.0302. The van der Waals surface area contributed by atoms with Gasteiger partial charge in [-0.25, -0.2) is 4.39 Å². The summed E-state index contributed by atoms with van der Waals surface area (Å²) in [5.74, 6) is -0.419. The lowest BCUT2D eigenvalue weighted by Crippen LogP contribution is -2.42. The molecule has 1 atom stereocenters. The maximum absolute atomic E-state index is 13.1. The second kappa shape index (κ2) is 6.86. The normalized spacial score (nSPS) is 11.7. The number of carbonyl (C=O) groups excluding carboxylic acids is 1. The van der Waals surface area contributed by atoms with E-state index in [1.807, 2.05) is 13.0 Å². The molecule has 0 radical (unpaired) electrons. The van der Waals surface area contributed by atoms with Gasteiger partial charge in [-0.3, -0.25) is 4.79 Å². The van der Waals surface area contributed by atoms with Crippen molar-refractivity contribution in [2.24, 2.45) is 0 Å². The zero-order chi connectivity index (χ0) is 14.4. The van der Waals surface area contributed by atoms with E-state index in [-0.39, 0.29) is 24.3 Å². The second-order valence-corrected chi connectivity index (χ2v) is 4.37. The van der Waals surface area contributed by atoms with Crippen molar-refractivity contribution in [3.05, 3.63) is 35.1 Å². The highest BCUT2D eigenvalue weighted by molar-refractivity contribution is 5.81. The highest BCUT2D eigenvalue weighted by Gasteiger charge is 2.16. The first-order valence-corrected chi connectivity index (χ1v) is 6.16. The Kier molecular flexibility index (Phi) is 5.46. The van der Waals surface area contributed by atoms with Gasteiger partial charge in [0.05, 0.1) is 17.7 Å². The fourth-order valence-electron chi connectivity index (χ4n) is 1.65. The van der Waals surface area contributed by atoms with E-state index in [2.05, 4.69) is 5.32 Å². The van der Waals surface area contributed by atoms with Gasteiger partial charge in [-0.1, -0.05) is 0 Å². The Morgan fingerprint density at radius 1 is 1.58 bits per heavy atom. The number of hydrogen-bond donors (Lipinski definition) is 1. The van der Waals surface area contributed by atoms with Crippen LogP contribution in [0.25, 0.3) is 0 Å². The van der Waals surface area contributed by atoms with E-state index in [0.717, 1.165) is 0 Å². The molecule has 0 aliphatic rings. The fourth-order valence-corrected chi connectivity index (χ4v) is 1.65. The van der Waals surface area contributed by atoms with E-state index in [1.54, 1.807) is 18.9 Å². The maximum Gasteiger partial charge on any atom is 0.239 e. The lowest BCUT2D eigenvalue weighted by Gasteiger charge is -2.20. The van der Waals surface area contributed by atoms with Gasteiger partial charge in [-0.05, 0) is 37.6 Å². The monoisotopic (exact) mass is 263 g/mol. The fraction of sp³-hybridized carbons (Fsp3) is 0.429. The van der Waals surface area contributed by atoms with Crippen molar-refractivity contribution < 1.29 is 9.18 Å². The lowest BCUT2D eigenvalue weighted by atomic mass is 10.1. The molecule has 0 saturated heterocycles. The summed E-state index contributed by atoms with van der Waals surface area (Å²) in [6.07, 6.45) is 0. The molecular formula is C14H18FN3O. The van der Waals surface area contributed by atoms with E-state index >= 15 is 0 Å². The van der Waals surface area contributed by atoms with E-state index in [4.69, 9.17) is 5.26 Å². The molecule has 0 aliphatic heterocycles. The molecule has 0 heterocycles.